The number of rotatable bonds is 3. The van der Waals surface area contributed by atoms with Gasteiger partial charge in [0, 0.05) is 30.1 Å². The number of aromatic amines is 1. The molecular weight excluding hydrogens is 256 g/mol. The second kappa shape index (κ2) is 5.09. The molecule has 1 atom stereocenters. The summed E-state index contributed by atoms with van der Waals surface area (Å²) in [6.07, 6.45) is 1.94. The molecule has 20 heavy (non-hydrogen) atoms. The Labute approximate surface area is 116 Å². The summed E-state index contributed by atoms with van der Waals surface area (Å²) in [6.45, 7) is 0.316. The van der Waals surface area contributed by atoms with Gasteiger partial charge in [-0.25, -0.2) is 0 Å². The van der Waals surface area contributed by atoms with E-state index >= 15 is 0 Å². The maximum absolute atomic E-state index is 11.8. The van der Waals surface area contributed by atoms with Gasteiger partial charge in [-0.1, -0.05) is 18.2 Å². The van der Waals surface area contributed by atoms with Gasteiger partial charge in [0.1, 0.15) is 6.10 Å². The number of aromatic nitrogens is 1. The average molecular weight is 272 g/mol. The molecule has 1 saturated heterocycles. The highest BCUT2D eigenvalue weighted by Crippen LogP contribution is 2.20. The Balaban J connectivity index is 1.75. The summed E-state index contributed by atoms with van der Waals surface area (Å²) < 4.78 is 0. The number of aliphatic hydroxyl groups excluding tert-OH is 1. The second-order valence-electron chi connectivity index (χ2n) is 5.05. The van der Waals surface area contributed by atoms with Crippen molar-refractivity contribution in [2.45, 2.75) is 25.4 Å². The zero-order valence-corrected chi connectivity index (χ0v) is 11.0. The highest BCUT2D eigenvalue weighted by Gasteiger charge is 2.32. The summed E-state index contributed by atoms with van der Waals surface area (Å²) in [6, 6.07) is 7.91. The summed E-state index contributed by atoms with van der Waals surface area (Å²) in [5.41, 5.74) is 2.11. The first-order valence-corrected chi connectivity index (χ1v) is 6.74. The van der Waals surface area contributed by atoms with E-state index in [0.717, 1.165) is 16.5 Å². The molecule has 2 N–H and O–H groups in total. The number of piperidine rings is 1. The third-order valence-electron chi connectivity index (χ3n) is 3.76. The smallest absolute Gasteiger partial charge is 0.258 e. The Kier molecular flexibility index (Phi) is 3.28. The Morgan fingerprint density at radius 1 is 1.30 bits per heavy atom. The van der Waals surface area contributed by atoms with Gasteiger partial charge in [-0.3, -0.25) is 14.5 Å². The summed E-state index contributed by atoms with van der Waals surface area (Å²) in [4.78, 5) is 27.9. The quantitative estimate of drug-likeness (QED) is 0.825. The van der Waals surface area contributed by atoms with Crippen LogP contribution in [0.2, 0.25) is 0 Å². The number of fused-ring (bicyclic) bond motifs is 1. The number of hydrogen-bond acceptors (Lipinski definition) is 3. The number of benzene rings is 1. The van der Waals surface area contributed by atoms with Gasteiger partial charge in [-0.15, -0.1) is 0 Å². The highest BCUT2D eigenvalue weighted by atomic mass is 16.3. The minimum Gasteiger partial charge on any atom is -0.383 e. The Hall–Kier alpha value is -2.14. The fourth-order valence-corrected chi connectivity index (χ4v) is 2.63. The fourth-order valence-electron chi connectivity index (χ4n) is 2.63. The number of imide groups is 1. The summed E-state index contributed by atoms with van der Waals surface area (Å²) in [5.74, 6) is -0.666. The Morgan fingerprint density at radius 2 is 2.10 bits per heavy atom. The van der Waals surface area contributed by atoms with E-state index in [4.69, 9.17) is 0 Å². The minimum absolute atomic E-state index is 0.194. The lowest BCUT2D eigenvalue weighted by Crippen LogP contribution is -2.48. The number of carbonyl (C=O) groups is 2. The first-order chi connectivity index (χ1) is 9.66. The molecule has 0 radical (unpaired) electrons. The van der Waals surface area contributed by atoms with Crippen LogP contribution in [-0.2, 0) is 16.0 Å². The van der Waals surface area contributed by atoms with Crippen LogP contribution in [0, 0.1) is 0 Å². The van der Waals surface area contributed by atoms with Gasteiger partial charge in [0.25, 0.3) is 5.91 Å². The Morgan fingerprint density at radius 3 is 2.95 bits per heavy atom. The van der Waals surface area contributed by atoms with E-state index in [1.165, 1.54) is 4.90 Å². The molecule has 1 aliphatic heterocycles. The van der Waals surface area contributed by atoms with E-state index in [2.05, 4.69) is 4.98 Å². The summed E-state index contributed by atoms with van der Waals surface area (Å²) in [5, 5.41) is 10.6. The first kappa shape index (κ1) is 12.9. The lowest BCUT2D eigenvalue weighted by Gasteiger charge is -2.27. The van der Waals surface area contributed by atoms with Crippen molar-refractivity contribution in [3.05, 3.63) is 36.0 Å². The number of aliphatic hydroxyl groups is 1. The topological polar surface area (TPSA) is 73.4 Å². The Bertz CT molecular complexity index is 662. The molecule has 1 aliphatic rings. The van der Waals surface area contributed by atoms with E-state index in [9.17, 15) is 14.7 Å². The van der Waals surface area contributed by atoms with Crippen LogP contribution in [-0.4, -0.2) is 39.5 Å². The van der Waals surface area contributed by atoms with Crippen LogP contribution in [0.15, 0.2) is 30.5 Å². The first-order valence-electron chi connectivity index (χ1n) is 6.74. The molecule has 1 aromatic heterocycles. The van der Waals surface area contributed by atoms with Crippen LogP contribution < -0.4 is 0 Å². The standard InChI is InChI=1S/C15H16N2O3/c18-13-5-6-14(19)17(15(13)20)8-7-10-9-16-12-4-2-1-3-11(10)12/h1-4,9,13,16,18H,5-8H2. The van der Waals surface area contributed by atoms with Crippen LogP contribution in [0.4, 0.5) is 0 Å². The second-order valence-corrected chi connectivity index (χ2v) is 5.05. The SMILES string of the molecule is O=C1CCC(O)C(=O)N1CCc1c[nH]c2ccccc12. The van der Waals surface area contributed by atoms with E-state index in [1.54, 1.807) is 0 Å². The van der Waals surface area contributed by atoms with Gasteiger partial charge in [-0.2, -0.15) is 0 Å². The predicted molar refractivity (Wildman–Crippen MR) is 74.0 cm³/mol. The summed E-state index contributed by atoms with van der Waals surface area (Å²) >= 11 is 0. The molecule has 1 unspecified atom stereocenters. The van der Waals surface area contributed by atoms with Crippen molar-refractivity contribution in [2.24, 2.45) is 0 Å². The van der Waals surface area contributed by atoms with Gasteiger partial charge in [0.15, 0.2) is 0 Å². The van der Waals surface area contributed by atoms with Crippen molar-refractivity contribution < 1.29 is 14.7 Å². The molecule has 3 rings (SSSR count). The number of carbonyl (C=O) groups excluding carboxylic acids is 2. The zero-order chi connectivity index (χ0) is 14.1. The number of nitrogens with zero attached hydrogens (tertiary/aromatic N) is 1. The predicted octanol–water partition coefficient (Wildman–Crippen LogP) is 1.22. The largest absolute Gasteiger partial charge is 0.383 e. The van der Waals surface area contributed by atoms with Crippen molar-refractivity contribution in [1.82, 2.24) is 9.88 Å². The van der Waals surface area contributed by atoms with Gasteiger partial charge >= 0.3 is 0 Å². The molecule has 2 heterocycles. The maximum atomic E-state index is 11.8. The van der Waals surface area contributed by atoms with E-state index in [-0.39, 0.29) is 18.7 Å². The molecule has 1 fully saturated rings. The molecule has 1 aromatic carbocycles. The van der Waals surface area contributed by atoms with Crippen molar-refractivity contribution in [2.75, 3.05) is 6.54 Å². The van der Waals surface area contributed by atoms with Crippen molar-refractivity contribution in [3.63, 3.8) is 0 Å². The molecule has 2 aromatic rings. The minimum atomic E-state index is -1.03. The normalized spacial score (nSPS) is 19.9. The van der Waals surface area contributed by atoms with Crippen LogP contribution in [0.1, 0.15) is 18.4 Å². The molecule has 0 bridgehead atoms. The fraction of sp³-hybridized carbons (Fsp3) is 0.333. The number of H-pyrrole nitrogens is 1. The number of nitrogens with one attached hydrogen (secondary N) is 1. The van der Waals surface area contributed by atoms with Gasteiger partial charge < -0.3 is 10.1 Å². The lowest BCUT2D eigenvalue weighted by molar-refractivity contribution is -0.155. The number of para-hydroxylation sites is 1. The molecule has 0 aliphatic carbocycles. The van der Waals surface area contributed by atoms with Crippen LogP contribution >= 0.6 is 0 Å². The molecule has 5 heteroatoms. The maximum Gasteiger partial charge on any atom is 0.258 e. The van der Waals surface area contributed by atoms with Crippen molar-refractivity contribution >= 4 is 22.7 Å². The van der Waals surface area contributed by atoms with Gasteiger partial charge in [0.05, 0.1) is 0 Å². The van der Waals surface area contributed by atoms with E-state index < -0.39 is 12.0 Å². The van der Waals surface area contributed by atoms with Gasteiger partial charge in [-0.05, 0) is 24.5 Å². The zero-order valence-electron chi connectivity index (χ0n) is 11.0. The monoisotopic (exact) mass is 272 g/mol. The molecule has 5 nitrogen and oxygen atoms in total. The molecule has 104 valence electrons. The lowest BCUT2D eigenvalue weighted by atomic mass is 10.1. The van der Waals surface area contributed by atoms with Crippen molar-refractivity contribution in [3.8, 4) is 0 Å². The van der Waals surface area contributed by atoms with Gasteiger partial charge in [0.2, 0.25) is 5.91 Å². The number of hydrogen-bond donors (Lipinski definition) is 2. The van der Waals surface area contributed by atoms with Crippen molar-refractivity contribution in [1.29, 1.82) is 0 Å². The molecule has 2 amide bonds. The van der Waals surface area contributed by atoms with Crippen LogP contribution in [0.3, 0.4) is 0 Å². The molecule has 0 saturated carbocycles. The van der Waals surface area contributed by atoms with Crippen LogP contribution in [0.25, 0.3) is 10.9 Å². The number of likely N-dealkylation sites (tertiary alicyclic amines) is 1. The molecular formula is C15H16N2O3. The van der Waals surface area contributed by atoms with Crippen LogP contribution in [0.5, 0.6) is 0 Å². The third-order valence-corrected chi connectivity index (χ3v) is 3.76. The number of amides is 2. The highest BCUT2D eigenvalue weighted by molar-refractivity contribution is 5.99. The average Bonchev–Trinajstić information content (AvgIpc) is 2.87. The van der Waals surface area contributed by atoms with E-state index in [1.807, 2.05) is 30.5 Å². The van der Waals surface area contributed by atoms with E-state index in [0.29, 0.717) is 13.0 Å². The third kappa shape index (κ3) is 2.20. The summed E-state index contributed by atoms with van der Waals surface area (Å²) in [7, 11) is 0. The molecule has 0 spiro atoms.